The van der Waals surface area contributed by atoms with Crippen molar-refractivity contribution < 1.29 is 13.2 Å². The van der Waals surface area contributed by atoms with Gasteiger partial charge in [-0.2, -0.15) is 0 Å². The molecule has 6 nitrogen and oxygen atoms in total. The fourth-order valence-corrected chi connectivity index (χ4v) is 3.18. The topological polar surface area (TPSA) is 79.4 Å². The molecule has 0 aliphatic carbocycles. The van der Waals surface area contributed by atoms with E-state index in [0.29, 0.717) is 5.56 Å². The van der Waals surface area contributed by atoms with E-state index in [1.54, 1.807) is 17.0 Å². The van der Waals surface area contributed by atoms with Gasteiger partial charge in [-0.3, -0.25) is 4.79 Å². The molecule has 1 aliphatic heterocycles. The van der Waals surface area contributed by atoms with Crippen molar-refractivity contribution in [1.82, 2.24) is 9.88 Å². The molecule has 0 radical (unpaired) electrons. The normalized spacial score (nSPS) is 17.8. The van der Waals surface area contributed by atoms with E-state index in [1.165, 1.54) is 6.20 Å². The molecular weight excluding hydrogens is 278 g/mol. The molecule has 110 valence electrons. The van der Waals surface area contributed by atoms with E-state index < -0.39 is 9.84 Å². The molecule has 7 heteroatoms. The van der Waals surface area contributed by atoms with E-state index in [0.717, 1.165) is 18.8 Å². The number of anilines is 1. The molecular formula is C13H19N3O3S. The molecule has 0 bridgehead atoms. The predicted molar refractivity (Wildman–Crippen MR) is 77.6 cm³/mol. The van der Waals surface area contributed by atoms with Crippen molar-refractivity contribution in [1.29, 1.82) is 0 Å². The third kappa shape index (κ3) is 3.69. The predicted octanol–water partition coefficient (Wildman–Crippen LogP) is 0.774. The molecule has 20 heavy (non-hydrogen) atoms. The minimum Gasteiger partial charge on any atom is -0.370 e. The molecule has 0 saturated carbocycles. The van der Waals surface area contributed by atoms with Gasteiger partial charge >= 0.3 is 0 Å². The molecule has 2 rings (SSSR count). The van der Waals surface area contributed by atoms with Crippen molar-refractivity contribution in [3.63, 3.8) is 0 Å². The van der Waals surface area contributed by atoms with E-state index in [1.807, 2.05) is 0 Å². The highest BCUT2D eigenvalue weighted by atomic mass is 32.2. The third-order valence-electron chi connectivity index (χ3n) is 3.20. The molecule has 0 unspecified atom stereocenters. The zero-order valence-corrected chi connectivity index (χ0v) is 12.3. The number of nitrogens with zero attached hydrogens (tertiary/aromatic N) is 2. The Morgan fingerprint density at radius 2 is 2.05 bits per heavy atom. The van der Waals surface area contributed by atoms with Crippen LogP contribution in [0.2, 0.25) is 0 Å². The number of hydrogen-bond donors (Lipinski definition) is 1. The number of hydrogen-bond acceptors (Lipinski definition) is 5. The number of nitrogens with one attached hydrogen (secondary N) is 1. The second-order valence-corrected chi connectivity index (χ2v) is 7.11. The van der Waals surface area contributed by atoms with E-state index in [9.17, 15) is 13.2 Å². The largest absolute Gasteiger partial charge is 0.370 e. The number of pyridine rings is 1. The first-order valence-electron chi connectivity index (χ1n) is 6.71. The first-order chi connectivity index (χ1) is 9.52. The summed E-state index contributed by atoms with van der Waals surface area (Å²) in [6.45, 7) is 3.42. The maximum absolute atomic E-state index is 12.2. The fraction of sp³-hybridized carbons (Fsp3) is 0.538. The van der Waals surface area contributed by atoms with Crippen LogP contribution in [0.15, 0.2) is 18.3 Å². The maximum atomic E-state index is 12.2. The molecule has 1 aliphatic rings. The average Bonchev–Trinajstić information content (AvgIpc) is 2.45. The Balaban J connectivity index is 1.99. The standard InChI is InChI=1S/C13H19N3O3S/c1-2-5-14-12-4-3-11(10-15-12)13(17)16-6-8-20(18,19)9-7-16/h3-4,10H,2,5-9H2,1H3,(H,14,15). The van der Waals surface area contributed by atoms with Crippen LogP contribution < -0.4 is 5.32 Å². The van der Waals surface area contributed by atoms with E-state index in [4.69, 9.17) is 0 Å². The van der Waals surface area contributed by atoms with Crippen LogP contribution in [0.1, 0.15) is 23.7 Å². The molecule has 1 N–H and O–H groups in total. The van der Waals surface area contributed by atoms with Crippen LogP contribution >= 0.6 is 0 Å². The molecule has 0 aromatic carbocycles. The molecule has 1 saturated heterocycles. The first kappa shape index (κ1) is 14.8. The van der Waals surface area contributed by atoms with Gasteiger partial charge in [-0.05, 0) is 18.6 Å². The number of aromatic nitrogens is 1. The van der Waals surface area contributed by atoms with Crippen molar-refractivity contribution in [2.75, 3.05) is 36.5 Å². The summed E-state index contributed by atoms with van der Waals surface area (Å²) >= 11 is 0. The van der Waals surface area contributed by atoms with Gasteiger partial charge in [-0.25, -0.2) is 13.4 Å². The van der Waals surface area contributed by atoms with Gasteiger partial charge in [0.15, 0.2) is 9.84 Å². The smallest absolute Gasteiger partial charge is 0.255 e. The second-order valence-electron chi connectivity index (χ2n) is 4.80. The SMILES string of the molecule is CCCNc1ccc(C(=O)N2CCS(=O)(=O)CC2)cn1. The summed E-state index contributed by atoms with van der Waals surface area (Å²) in [6, 6.07) is 3.49. The monoisotopic (exact) mass is 297 g/mol. The van der Waals surface area contributed by atoms with Crippen LogP contribution in [-0.2, 0) is 9.84 Å². The molecule has 1 aromatic rings. The zero-order valence-electron chi connectivity index (χ0n) is 11.5. The highest BCUT2D eigenvalue weighted by molar-refractivity contribution is 7.91. The number of carbonyl (C=O) groups is 1. The van der Waals surface area contributed by atoms with Crippen LogP contribution in [0.25, 0.3) is 0 Å². The summed E-state index contributed by atoms with van der Waals surface area (Å²) in [5.41, 5.74) is 0.492. The summed E-state index contributed by atoms with van der Waals surface area (Å²) < 4.78 is 22.7. The maximum Gasteiger partial charge on any atom is 0.255 e. The van der Waals surface area contributed by atoms with Crippen molar-refractivity contribution in [3.8, 4) is 0 Å². The average molecular weight is 297 g/mol. The minimum atomic E-state index is -2.97. The van der Waals surface area contributed by atoms with Crippen LogP contribution in [0.5, 0.6) is 0 Å². The summed E-state index contributed by atoms with van der Waals surface area (Å²) in [4.78, 5) is 18.0. The highest BCUT2D eigenvalue weighted by Gasteiger charge is 2.25. The molecule has 0 atom stereocenters. The Morgan fingerprint density at radius 3 is 2.60 bits per heavy atom. The van der Waals surface area contributed by atoms with Crippen LogP contribution in [-0.4, -0.2) is 55.3 Å². The Bertz CT molecular complexity index is 555. The van der Waals surface area contributed by atoms with Gasteiger partial charge in [0.1, 0.15) is 5.82 Å². The highest BCUT2D eigenvalue weighted by Crippen LogP contribution is 2.11. The van der Waals surface area contributed by atoms with Crippen LogP contribution in [0.4, 0.5) is 5.82 Å². The number of rotatable bonds is 4. The van der Waals surface area contributed by atoms with Crippen molar-refractivity contribution in [2.24, 2.45) is 0 Å². The lowest BCUT2D eigenvalue weighted by atomic mass is 10.2. The summed E-state index contributed by atoms with van der Waals surface area (Å²) in [5.74, 6) is 0.670. The lowest BCUT2D eigenvalue weighted by Gasteiger charge is -2.26. The van der Waals surface area contributed by atoms with Gasteiger partial charge in [0.2, 0.25) is 0 Å². The zero-order chi connectivity index (χ0) is 14.6. The van der Waals surface area contributed by atoms with E-state index >= 15 is 0 Å². The number of sulfone groups is 1. The van der Waals surface area contributed by atoms with Crippen molar-refractivity contribution in [2.45, 2.75) is 13.3 Å². The van der Waals surface area contributed by atoms with Gasteiger partial charge in [0.05, 0.1) is 17.1 Å². The molecule has 1 aromatic heterocycles. The Hall–Kier alpha value is -1.63. The second kappa shape index (κ2) is 6.21. The lowest BCUT2D eigenvalue weighted by Crippen LogP contribution is -2.43. The van der Waals surface area contributed by atoms with Crippen LogP contribution in [0.3, 0.4) is 0 Å². The Kier molecular flexibility index (Phi) is 4.59. The summed E-state index contributed by atoms with van der Waals surface area (Å²) in [5, 5.41) is 3.14. The minimum absolute atomic E-state index is 0.0440. The van der Waals surface area contributed by atoms with E-state index in [-0.39, 0.29) is 30.5 Å². The van der Waals surface area contributed by atoms with Gasteiger partial charge in [0, 0.05) is 25.8 Å². The molecule has 2 heterocycles. The Labute approximate surface area is 119 Å². The number of carbonyl (C=O) groups excluding carboxylic acids is 1. The van der Waals surface area contributed by atoms with Gasteiger partial charge in [-0.15, -0.1) is 0 Å². The Morgan fingerprint density at radius 1 is 1.35 bits per heavy atom. The van der Waals surface area contributed by atoms with Gasteiger partial charge in [0.25, 0.3) is 5.91 Å². The molecule has 1 fully saturated rings. The summed E-state index contributed by atoms with van der Waals surface area (Å²) in [7, 11) is -2.97. The quantitative estimate of drug-likeness (QED) is 0.888. The third-order valence-corrected chi connectivity index (χ3v) is 4.81. The van der Waals surface area contributed by atoms with Gasteiger partial charge < -0.3 is 10.2 Å². The lowest BCUT2D eigenvalue weighted by molar-refractivity contribution is 0.0770. The summed E-state index contributed by atoms with van der Waals surface area (Å²) in [6.07, 6.45) is 2.54. The first-order valence-corrected chi connectivity index (χ1v) is 8.53. The fourth-order valence-electron chi connectivity index (χ4n) is 1.98. The molecule has 0 spiro atoms. The molecule has 1 amide bonds. The van der Waals surface area contributed by atoms with E-state index in [2.05, 4.69) is 17.2 Å². The van der Waals surface area contributed by atoms with Crippen molar-refractivity contribution in [3.05, 3.63) is 23.9 Å². The van der Waals surface area contributed by atoms with Crippen LogP contribution in [0, 0.1) is 0 Å². The van der Waals surface area contributed by atoms with Gasteiger partial charge in [-0.1, -0.05) is 6.92 Å². The van der Waals surface area contributed by atoms with Crippen molar-refractivity contribution >= 4 is 21.6 Å². The number of amides is 1.